The van der Waals surface area contributed by atoms with Crippen molar-refractivity contribution in [3.05, 3.63) is 46.8 Å². The summed E-state index contributed by atoms with van der Waals surface area (Å²) < 4.78 is 7.02. The average molecular weight is 286 g/mol. The zero-order valence-electron chi connectivity index (χ0n) is 13.3. The van der Waals surface area contributed by atoms with Crippen LogP contribution in [-0.4, -0.2) is 22.4 Å². The predicted molar refractivity (Wildman–Crippen MR) is 82.8 cm³/mol. The van der Waals surface area contributed by atoms with E-state index < -0.39 is 0 Å². The first-order valence-corrected chi connectivity index (χ1v) is 7.25. The number of esters is 1. The minimum Gasteiger partial charge on any atom is -0.466 e. The number of hydrogen-bond acceptors (Lipinski definition) is 3. The zero-order valence-corrected chi connectivity index (χ0v) is 13.3. The summed E-state index contributed by atoms with van der Waals surface area (Å²) in [5, 5.41) is 4.59. The van der Waals surface area contributed by atoms with Crippen molar-refractivity contribution in [2.45, 2.75) is 40.5 Å². The first-order valence-electron chi connectivity index (χ1n) is 7.25. The fraction of sp³-hybridized carbons (Fsp3) is 0.412. The highest BCUT2D eigenvalue weighted by atomic mass is 16.5. The molecule has 1 aromatic heterocycles. The summed E-state index contributed by atoms with van der Waals surface area (Å²) >= 11 is 0. The van der Waals surface area contributed by atoms with Crippen molar-refractivity contribution in [2.24, 2.45) is 0 Å². The standard InChI is InChI=1S/C17H22N2O2/c1-6-21-17(20)12(3)16-13(4)18-19(14(16)5)15-9-7-8-11(2)10-15/h7-10,12H,6H2,1-5H3. The summed E-state index contributed by atoms with van der Waals surface area (Å²) in [7, 11) is 0. The van der Waals surface area contributed by atoms with E-state index in [2.05, 4.69) is 24.2 Å². The van der Waals surface area contributed by atoms with Crippen molar-refractivity contribution in [3.8, 4) is 5.69 Å². The molecule has 0 radical (unpaired) electrons. The molecule has 1 atom stereocenters. The highest BCUT2D eigenvalue weighted by Crippen LogP contribution is 2.26. The number of nitrogens with zero attached hydrogens (tertiary/aromatic N) is 2. The molecule has 0 aliphatic rings. The van der Waals surface area contributed by atoms with E-state index in [-0.39, 0.29) is 11.9 Å². The van der Waals surface area contributed by atoms with E-state index >= 15 is 0 Å². The molecule has 0 aliphatic heterocycles. The predicted octanol–water partition coefficient (Wildman–Crippen LogP) is 3.46. The van der Waals surface area contributed by atoms with Gasteiger partial charge in [-0.2, -0.15) is 5.10 Å². The van der Waals surface area contributed by atoms with Crippen LogP contribution in [0.2, 0.25) is 0 Å². The Bertz CT molecular complexity index is 659. The maximum Gasteiger partial charge on any atom is 0.313 e. The van der Waals surface area contributed by atoms with Gasteiger partial charge in [0.2, 0.25) is 0 Å². The molecule has 1 unspecified atom stereocenters. The summed E-state index contributed by atoms with van der Waals surface area (Å²) in [4.78, 5) is 12.0. The van der Waals surface area contributed by atoms with Crippen LogP contribution in [0.15, 0.2) is 24.3 Å². The number of aryl methyl sites for hydroxylation is 2. The van der Waals surface area contributed by atoms with E-state index in [0.29, 0.717) is 6.61 Å². The fourth-order valence-electron chi connectivity index (χ4n) is 2.68. The van der Waals surface area contributed by atoms with Gasteiger partial charge in [0.25, 0.3) is 0 Å². The third-order valence-corrected chi connectivity index (χ3v) is 3.67. The Labute approximate surface area is 125 Å². The van der Waals surface area contributed by atoms with E-state index in [1.165, 1.54) is 5.56 Å². The SMILES string of the molecule is CCOC(=O)C(C)c1c(C)nn(-c2cccc(C)c2)c1C. The highest BCUT2D eigenvalue weighted by Gasteiger charge is 2.24. The first kappa shape index (κ1) is 15.3. The van der Waals surface area contributed by atoms with Crippen molar-refractivity contribution < 1.29 is 9.53 Å². The molecule has 0 saturated carbocycles. The second-order valence-corrected chi connectivity index (χ2v) is 5.31. The lowest BCUT2D eigenvalue weighted by molar-refractivity contribution is -0.144. The molecule has 1 aromatic carbocycles. The van der Waals surface area contributed by atoms with Gasteiger partial charge in [-0.3, -0.25) is 4.79 Å². The van der Waals surface area contributed by atoms with Gasteiger partial charge in [0.15, 0.2) is 0 Å². The Hall–Kier alpha value is -2.10. The minimum atomic E-state index is -0.302. The van der Waals surface area contributed by atoms with Crippen LogP contribution in [0.25, 0.3) is 5.69 Å². The second kappa shape index (κ2) is 6.12. The largest absolute Gasteiger partial charge is 0.466 e. The molecule has 1 heterocycles. The normalized spacial score (nSPS) is 12.2. The number of carbonyl (C=O) groups excluding carboxylic acids is 1. The van der Waals surface area contributed by atoms with Crippen LogP contribution in [0.4, 0.5) is 0 Å². The van der Waals surface area contributed by atoms with E-state index in [0.717, 1.165) is 22.6 Å². The molecule has 112 valence electrons. The van der Waals surface area contributed by atoms with Crippen LogP contribution >= 0.6 is 0 Å². The van der Waals surface area contributed by atoms with Gasteiger partial charge in [0, 0.05) is 11.3 Å². The monoisotopic (exact) mass is 286 g/mol. The van der Waals surface area contributed by atoms with Gasteiger partial charge in [-0.05, 0) is 52.3 Å². The van der Waals surface area contributed by atoms with E-state index in [9.17, 15) is 4.79 Å². The Morgan fingerprint density at radius 1 is 1.33 bits per heavy atom. The molecule has 21 heavy (non-hydrogen) atoms. The topological polar surface area (TPSA) is 44.1 Å². The lowest BCUT2D eigenvalue weighted by atomic mass is 9.99. The van der Waals surface area contributed by atoms with Crippen LogP contribution in [0.3, 0.4) is 0 Å². The molecule has 0 N–H and O–H groups in total. The molecule has 0 aliphatic carbocycles. The molecule has 4 heteroatoms. The minimum absolute atomic E-state index is 0.201. The van der Waals surface area contributed by atoms with Gasteiger partial charge in [-0.15, -0.1) is 0 Å². The highest BCUT2D eigenvalue weighted by molar-refractivity contribution is 5.78. The number of hydrogen-bond donors (Lipinski definition) is 0. The van der Waals surface area contributed by atoms with Gasteiger partial charge in [-0.25, -0.2) is 4.68 Å². The third-order valence-electron chi connectivity index (χ3n) is 3.67. The lowest BCUT2D eigenvalue weighted by Gasteiger charge is -2.11. The molecule has 0 fully saturated rings. The third kappa shape index (κ3) is 2.99. The van der Waals surface area contributed by atoms with Crippen LogP contribution in [0.1, 0.15) is 42.3 Å². The van der Waals surface area contributed by atoms with Crippen molar-refractivity contribution in [2.75, 3.05) is 6.61 Å². The first-order chi connectivity index (χ1) is 9.95. The van der Waals surface area contributed by atoms with Crippen molar-refractivity contribution >= 4 is 5.97 Å². The van der Waals surface area contributed by atoms with Crippen molar-refractivity contribution in [1.29, 1.82) is 0 Å². The smallest absolute Gasteiger partial charge is 0.313 e. The van der Waals surface area contributed by atoms with E-state index in [1.807, 2.05) is 44.5 Å². The van der Waals surface area contributed by atoms with Crippen LogP contribution < -0.4 is 0 Å². The van der Waals surface area contributed by atoms with Crippen molar-refractivity contribution in [1.82, 2.24) is 9.78 Å². The molecule has 2 aromatic rings. The maximum atomic E-state index is 12.0. The summed E-state index contributed by atoms with van der Waals surface area (Å²) in [6, 6.07) is 8.16. The molecule has 2 rings (SSSR count). The average Bonchev–Trinajstić information content (AvgIpc) is 2.73. The van der Waals surface area contributed by atoms with Crippen LogP contribution in [0.5, 0.6) is 0 Å². The molecule has 0 amide bonds. The van der Waals surface area contributed by atoms with Gasteiger partial charge >= 0.3 is 5.97 Å². The van der Waals surface area contributed by atoms with Gasteiger partial charge in [0.1, 0.15) is 0 Å². The quantitative estimate of drug-likeness (QED) is 0.808. The molecule has 0 saturated heterocycles. The molecular formula is C17H22N2O2. The number of rotatable bonds is 4. The number of ether oxygens (including phenoxy) is 1. The molecule has 0 spiro atoms. The number of benzene rings is 1. The summed E-state index contributed by atoms with van der Waals surface area (Å²) in [6.07, 6.45) is 0. The second-order valence-electron chi connectivity index (χ2n) is 5.31. The van der Waals surface area contributed by atoms with Gasteiger partial charge in [-0.1, -0.05) is 12.1 Å². The molecular weight excluding hydrogens is 264 g/mol. The summed E-state index contributed by atoms with van der Waals surface area (Å²) in [5.41, 5.74) is 5.00. The van der Waals surface area contributed by atoms with Gasteiger partial charge in [0.05, 0.1) is 23.9 Å². The van der Waals surface area contributed by atoms with E-state index in [1.54, 1.807) is 0 Å². The van der Waals surface area contributed by atoms with Crippen LogP contribution in [-0.2, 0) is 9.53 Å². The fourth-order valence-corrected chi connectivity index (χ4v) is 2.68. The zero-order chi connectivity index (χ0) is 15.6. The maximum absolute atomic E-state index is 12.0. The Kier molecular flexibility index (Phi) is 4.46. The van der Waals surface area contributed by atoms with Crippen LogP contribution in [0, 0.1) is 20.8 Å². The lowest BCUT2D eigenvalue weighted by Crippen LogP contribution is -2.14. The summed E-state index contributed by atoms with van der Waals surface area (Å²) in [5.74, 6) is -0.504. The van der Waals surface area contributed by atoms with Crippen molar-refractivity contribution in [3.63, 3.8) is 0 Å². The van der Waals surface area contributed by atoms with E-state index in [4.69, 9.17) is 4.74 Å². The van der Waals surface area contributed by atoms with Gasteiger partial charge < -0.3 is 4.74 Å². The molecule has 4 nitrogen and oxygen atoms in total. The molecule has 0 bridgehead atoms. The number of carbonyl (C=O) groups is 1. The Morgan fingerprint density at radius 2 is 2.05 bits per heavy atom. The number of aromatic nitrogens is 2. The summed E-state index contributed by atoms with van der Waals surface area (Å²) in [6.45, 7) is 10.1. The Balaban J connectivity index is 2.45. The Morgan fingerprint density at radius 3 is 2.67 bits per heavy atom.